The highest BCUT2D eigenvalue weighted by atomic mass is 32.2. The molecule has 1 heterocycles. The number of aromatic nitrogens is 2. The summed E-state index contributed by atoms with van der Waals surface area (Å²) >= 11 is -2.58. The van der Waals surface area contributed by atoms with Crippen LogP contribution in [0, 0.1) is 6.92 Å². The summed E-state index contributed by atoms with van der Waals surface area (Å²) in [6.45, 7) is 1.75. The van der Waals surface area contributed by atoms with Crippen LogP contribution < -0.4 is 29.1 Å². The summed E-state index contributed by atoms with van der Waals surface area (Å²) in [7, 11) is 3.08. The van der Waals surface area contributed by atoms with Crippen LogP contribution >= 0.6 is 0 Å². The molecule has 1 aromatic heterocycles. The van der Waals surface area contributed by atoms with E-state index in [2.05, 4.69) is 10.6 Å². The van der Waals surface area contributed by atoms with Crippen molar-refractivity contribution in [1.29, 1.82) is 0 Å². The molecular formula is C31H29N5O6S. The second kappa shape index (κ2) is 13.2. The molecule has 12 heteroatoms. The van der Waals surface area contributed by atoms with Gasteiger partial charge in [-0.15, -0.1) is 0 Å². The lowest BCUT2D eigenvalue weighted by atomic mass is 10.2. The fourth-order valence-electron chi connectivity index (χ4n) is 4.21. The number of carbonyl (C=O) groups is 1. The lowest BCUT2D eigenvalue weighted by molar-refractivity contribution is -0.118. The topological polar surface area (TPSA) is 135 Å². The zero-order valence-electron chi connectivity index (χ0n) is 23.6. The van der Waals surface area contributed by atoms with E-state index in [4.69, 9.17) is 24.2 Å². The van der Waals surface area contributed by atoms with Crippen molar-refractivity contribution in [2.24, 2.45) is 0 Å². The zero-order chi connectivity index (χ0) is 30.3. The van der Waals surface area contributed by atoms with Gasteiger partial charge in [0, 0.05) is 29.6 Å². The van der Waals surface area contributed by atoms with Crippen LogP contribution in [0.15, 0.2) is 91.0 Å². The Morgan fingerprint density at radius 1 is 0.837 bits per heavy atom. The zero-order valence-corrected chi connectivity index (χ0v) is 24.4. The van der Waals surface area contributed by atoms with Crippen molar-refractivity contribution in [1.82, 2.24) is 9.97 Å². The molecule has 0 saturated heterocycles. The number of hydrogen-bond donors (Lipinski definition) is 3. The van der Waals surface area contributed by atoms with Crippen molar-refractivity contribution in [3.05, 3.63) is 96.6 Å². The molecule has 5 rings (SSSR count). The number of methoxy groups -OCH3 is 2. The number of amides is 1. The van der Waals surface area contributed by atoms with Gasteiger partial charge in [0.2, 0.25) is 0 Å². The first-order valence-corrected chi connectivity index (χ1v) is 14.2. The molecule has 1 unspecified atom stereocenters. The minimum absolute atomic E-state index is 0.0764. The Bertz CT molecular complexity index is 1760. The number of ether oxygens (including phenoxy) is 3. The van der Waals surface area contributed by atoms with Crippen molar-refractivity contribution in [3.63, 3.8) is 0 Å². The van der Waals surface area contributed by atoms with Crippen molar-refractivity contribution >= 4 is 56.9 Å². The van der Waals surface area contributed by atoms with Crippen LogP contribution in [0.2, 0.25) is 0 Å². The summed E-state index contributed by atoms with van der Waals surface area (Å²) in [4.78, 5) is 22.0. The van der Waals surface area contributed by atoms with Crippen molar-refractivity contribution in [2.75, 3.05) is 35.8 Å². The molecule has 0 spiro atoms. The number of para-hydroxylation sites is 2. The molecule has 1 atom stereocenters. The lowest BCUT2D eigenvalue weighted by Crippen LogP contribution is -2.23. The summed E-state index contributed by atoms with van der Waals surface area (Å²) in [6, 6.07) is 26.2. The monoisotopic (exact) mass is 599 g/mol. The fourth-order valence-corrected chi connectivity index (χ4v) is 4.78. The Morgan fingerprint density at radius 2 is 1.51 bits per heavy atom. The van der Waals surface area contributed by atoms with Gasteiger partial charge in [-0.05, 0) is 49.4 Å². The predicted octanol–water partition coefficient (Wildman–Crippen LogP) is 5.99. The van der Waals surface area contributed by atoms with E-state index in [0.717, 1.165) is 9.87 Å². The first-order valence-electron chi connectivity index (χ1n) is 13.1. The van der Waals surface area contributed by atoms with Crippen LogP contribution in [-0.4, -0.2) is 45.5 Å². The molecule has 0 fully saturated rings. The van der Waals surface area contributed by atoms with E-state index >= 15 is 0 Å². The van der Waals surface area contributed by atoms with Gasteiger partial charge in [-0.2, -0.15) is 0 Å². The van der Waals surface area contributed by atoms with E-state index < -0.39 is 17.2 Å². The van der Waals surface area contributed by atoms with Crippen LogP contribution in [0.25, 0.3) is 11.0 Å². The number of fused-ring (bicyclic) bond motifs is 1. The first-order chi connectivity index (χ1) is 20.8. The minimum Gasteiger partial charge on any atom is -0.497 e. The smallest absolute Gasteiger partial charge is 0.268 e. The normalized spacial score (nSPS) is 11.4. The largest absolute Gasteiger partial charge is 0.497 e. The number of aryl methyl sites for hydroxylation is 1. The SMILES string of the molecule is COc1cc(Nc2nc3ccccc3nc2N(c2cccc(NC(=O)COc3ccc(C)cc3)c2)S(=O)O)cc(OC)c1. The maximum absolute atomic E-state index is 12.9. The number of benzene rings is 4. The third-order valence-electron chi connectivity index (χ3n) is 6.27. The maximum Gasteiger partial charge on any atom is 0.268 e. The molecule has 0 bridgehead atoms. The number of nitrogens with one attached hydrogen (secondary N) is 2. The Kier molecular flexibility index (Phi) is 8.99. The average molecular weight is 600 g/mol. The van der Waals surface area contributed by atoms with Gasteiger partial charge in [0.15, 0.2) is 18.2 Å². The third-order valence-corrected chi connectivity index (χ3v) is 6.97. The van der Waals surface area contributed by atoms with E-state index in [9.17, 15) is 13.6 Å². The maximum atomic E-state index is 12.9. The molecular weight excluding hydrogens is 570 g/mol. The lowest BCUT2D eigenvalue weighted by Gasteiger charge is -2.23. The van der Waals surface area contributed by atoms with Gasteiger partial charge in [-0.3, -0.25) is 9.35 Å². The highest BCUT2D eigenvalue weighted by molar-refractivity contribution is 7.81. The Morgan fingerprint density at radius 3 is 2.16 bits per heavy atom. The summed E-state index contributed by atoms with van der Waals surface area (Å²) in [5, 5.41) is 5.96. The predicted molar refractivity (Wildman–Crippen MR) is 167 cm³/mol. The van der Waals surface area contributed by atoms with Crippen LogP contribution in [0.5, 0.6) is 17.2 Å². The Hall–Kier alpha value is -5.20. The molecule has 0 radical (unpaired) electrons. The molecule has 220 valence electrons. The number of rotatable bonds is 11. The second-order valence-electron chi connectivity index (χ2n) is 9.34. The quantitative estimate of drug-likeness (QED) is 0.156. The number of nitrogens with zero attached hydrogens (tertiary/aromatic N) is 3. The van der Waals surface area contributed by atoms with Gasteiger partial charge in [-0.1, -0.05) is 35.9 Å². The third kappa shape index (κ3) is 7.18. The van der Waals surface area contributed by atoms with Gasteiger partial charge < -0.3 is 24.8 Å². The van der Waals surface area contributed by atoms with E-state index in [1.807, 2.05) is 25.1 Å². The van der Waals surface area contributed by atoms with Crippen LogP contribution in [0.4, 0.5) is 28.7 Å². The molecule has 5 aromatic rings. The number of hydrogen-bond acceptors (Lipinski definition) is 8. The highest BCUT2D eigenvalue weighted by Crippen LogP contribution is 2.36. The average Bonchev–Trinajstić information content (AvgIpc) is 3.01. The molecule has 0 saturated carbocycles. The summed E-state index contributed by atoms with van der Waals surface area (Å²) in [6.07, 6.45) is 0. The first kappa shape index (κ1) is 29.3. The van der Waals surface area contributed by atoms with Gasteiger partial charge in [0.25, 0.3) is 17.2 Å². The number of carbonyl (C=O) groups excluding carboxylic acids is 1. The van der Waals surface area contributed by atoms with Crippen LogP contribution in [-0.2, 0) is 16.1 Å². The van der Waals surface area contributed by atoms with E-state index in [0.29, 0.717) is 39.7 Å². The second-order valence-corrected chi connectivity index (χ2v) is 10.2. The molecule has 1 amide bonds. The molecule has 43 heavy (non-hydrogen) atoms. The molecule has 11 nitrogen and oxygen atoms in total. The highest BCUT2D eigenvalue weighted by Gasteiger charge is 2.24. The van der Waals surface area contributed by atoms with E-state index in [-0.39, 0.29) is 23.9 Å². The van der Waals surface area contributed by atoms with Gasteiger partial charge >= 0.3 is 0 Å². The fraction of sp³-hybridized carbons (Fsp3) is 0.129. The van der Waals surface area contributed by atoms with E-state index in [1.54, 1.807) is 72.8 Å². The van der Waals surface area contributed by atoms with Gasteiger partial charge in [-0.25, -0.2) is 18.5 Å². The molecule has 0 aliphatic heterocycles. The summed E-state index contributed by atoms with van der Waals surface area (Å²) in [5.41, 5.74) is 3.40. The molecule has 4 aromatic carbocycles. The Balaban J connectivity index is 1.47. The molecule has 0 aliphatic carbocycles. The summed E-state index contributed by atoms with van der Waals surface area (Å²) in [5.74, 6) is 1.53. The standard InChI is InChI=1S/C31H29N5O6S/c1-20-11-13-24(14-12-20)42-19-29(37)32-21-7-6-8-23(15-21)36(43(38)39)31-30(34-27-9-4-5-10-28(27)35-31)33-22-16-25(40-2)18-26(17-22)41-3/h4-18H,19H2,1-3H3,(H,32,37)(H,33,34)(H,38,39). The summed E-state index contributed by atoms with van der Waals surface area (Å²) < 4.78 is 40.8. The van der Waals surface area contributed by atoms with E-state index in [1.165, 1.54) is 14.2 Å². The molecule has 3 N–H and O–H groups in total. The minimum atomic E-state index is -2.58. The molecule has 0 aliphatic rings. The van der Waals surface area contributed by atoms with Crippen LogP contribution in [0.3, 0.4) is 0 Å². The van der Waals surface area contributed by atoms with Crippen molar-refractivity contribution < 1.29 is 27.8 Å². The number of anilines is 5. The van der Waals surface area contributed by atoms with Gasteiger partial charge in [0.1, 0.15) is 17.2 Å². The van der Waals surface area contributed by atoms with Crippen LogP contribution in [0.1, 0.15) is 5.56 Å². The van der Waals surface area contributed by atoms with Gasteiger partial charge in [0.05, 0.1) is 30.9 Å². The van der Waals surface area contributed by atoms with Crippen molar-refractivity contribution in [3.8, 4) is 17.2 Å². The Labute approximate surface area is 250 Å². The van der Waals surface area contributed by atoms with Crippen molar-refractivity contribution in [2.45, 2.75) is 6.92 Å².